The normalized spacial score (nSPS) is 14.0. The van der Waals surface area contributed by atoms with Crippen LogP contribution < -0.4 is 0 Å². The fourth-order valence-corrected chi connectivity index (χ4v) is 8.62. The number of allylic oxidation sites excluding steroid dienone is 14. The van der Waals surface area contributed by atoms with Crippen LogP contribution in [0.15, 0.2) is 85.1 Å². The van der Waals surface area contributed by atoms with E-state index in [2.05, 4.69) is 99.8 Å². The number of unbranched alkanes of at least 4 members (excludes halogenated alkanes) is 23. The van der Waals surface area contributed by atoms with Crippen LogP contribution in [-0.4, -0.2) is 66.5 Å². The molecule has 0 saturated heterocycles. The Balaban J connectivity index is 4.82. The third kappa shape index (κ3) is 53.5. The first-order chi connectivity index (χ1) is 36.2. The van der Waals surface area contributed by atoms with E-state index in [1.165, 1.54) is 96.3 Å². The molecule has 0 aromatic rings. The molecule has 3 atom stereocenters. The molecule has 0 aliphatic heterocycles. The van der Waals surface area contributed by atoms with Gasteiger partial charge in [-0.15, -0.1) is 0 Å². The number of ether oxygens (including phenoxy) is 3. The van der Waals surface area contributed by atoms with E-state index in [-0.39, 0.29) is 25.9 Å². The van der Waals surface area contributed by atoms with Crippen LogP contribution >= 0.6 is 7.82 Å². The lowest BCUT2D eigenvalue weighted by Crippen LogP contribution is -2.30. The summed E-state index contributed by atoms with van der Waals surface area (Å²) in [5.41, 5.74) is 0. The lowest BCUT2D eigenvalue weighted by atomic mass is 10.0. The molecule has 74 heavy (non-hydrogen) atoms. The van der Waals surface area contributed by atoms with Crippen molar-refractivity contribution < 1.29 is 52.2 Å². The second-order valence-corrected chi connectivity index (χ2v) is 20.9. The Morgan fingerprint density at radius 1 is 0.392 bits per heavy atom. The van der Waals surface area contributed by atoms with Gasteiger partial charge in [0.1, 0.15) is 12.7 Å². The Labute approximate surface area is 451 Å². The van der Waals surface area contributed by atoms with E-state index in [0.29, 0.717) is 25.7 Å². The minimum Gasteiger partial charge on any atom is -0.462 e. The van der Waals surface area contributed by atoms with Gasteiger partial charge < -0.3 is 24.2 Å². The van der Waals surface area contributed by atoms with Crippen molar-refractivity contribution in [1.29, 1.82) is 0 Å². The van der Waals surface area contributed by atoms with Gasteiger partial charge in [0.15, 0.2) is 6.10 Å². The van der Waals surface area contributed by atoms with Gasteiger partial charge in [-0.2, -0.15) is 0 Å². The molecule has 0 aromatic heterocycles. The number of rotatable bonds is 54. The van der Waals surface area contributed by atoms with Crippen LogP contribution in [0.4, 0.5) is 0 Å². The summed E-state index contributed by atoms with van der Waals surface area (Å²) in [6, 6.07) is 0. The highest BCUT2D eigenvalue weighted by atomic mass is 31.2. The minimum atomic E-state index is -4.76. The number of carbonyl (C=O) groups excluding carboxylic acids is 3. The Hall–Kier alpha value is -3.34. The van der Waals surface area contributed by atoms with Gasteiger partial charge in [-0.3, -0.25) is 23.4 Å². The van der Waals surface area contributed by atoms with Gasteiger partial charge in [0, 0.05) is 19.3 Å². The summed E-state index contributed by atoms with van der Waals surface area (Å²) in [4.78, 5) is 48.5. The molecule has 0 radical (unpaired) electrons. The molecule has 0 aromatic carbocycles. The summed E-state index contributed by atoms with van der Waals surface area (Å²) in [7, 11) is -4.76. The zero-order valence-corrected chi connectivity index (χ0v) is 47.9. The predicted octanol–water partition coefficient (Wildman–Crippen LogP) is 17.5. The quantitative estimate of drug-likeness (QED) is 0.0197. The standard InChI is InChI=1S/C62H107O11P/c1-4-7-10-13-16-19-22-25-27-29-31-34-36-39-42-45-48-51-60(64)69-55-59(73-62(66)53-50-47-44-41-38-35-32-30-28-26-23-20-17-14-11-8-5-2)57-71-74(67,68)70-56-58(54-63)72-61(65)52-49-46-43-40-37-33-24-21-18-15-12-9-6-3/h7,10,16-17,19-20,25-28,31,34,39,42,58-59,63H,4-6,8-9,11-15,18,21-24,29-30,32-33,35-38,40-41,43-57H2,1-3H3,(H,67,68)/b10-7-,19-16-,20-17-,27-25-,28-26-,34-31-,42-39-. The summed E-state index contributed by atoms with van der Waals surface area (Å²) in [6.07, 6.45) is 64.0. The fraction of sp³-hybridized carbons (Fsp3) is 0.726. The highest BCUT2D eigenvalue weighted by molar-refractivity contribution is 7.47. The van der Waals surface area contributed by atoms with Crippen molar-refractivity contribution in [3.63, 3.8) is 0 Å². The Morgan fingerprint density at radius 3 is 1.15 bits per heavy atom. The van der Waals surface area contributed by atoms with Gasteiger partial charge in [-0.1, -0.05) is 228 Å². The summed E-state index contributed by atoms with van der Waals surface area (Å²) in [5.74, 6) is -1.54. The summed E-state index contributed by atoms with van der Waals surface area (Å²) in [6.45, 7) is 4.45. The van der Waals surface area contributed by atoms with Crippen LogP contribution in [0.5, 0.6) is 0 Å². The molecule has 0 fully saturated rings. The van der Waals surface area contributed by atoms with E-state index in [1.54, 1.807) is 0 Å². The molecule has 2 N–H and O–H groups in total. The molecule has 0 rings (SSSR count). The molecule has 426 valence electrons. The van der Waals surface area contributed by atoms with E-state index < -0.39 is 57.8 Å². The molecule has 0 heterocycles. The van der Waals surface area contributed by atoms with Crippen LogP contribution in [0.3, 0.4) is 0 Å². The molecule has 0 aliphatic carbocycles. The van der Waals surface area contributed by atoms with Crippen molar-refractivity contribution in [2.45, 2.75) is 264 Å². The second-order valence-electron chi connectivity index (χ2n) is 19.4. The summed E-state index contributed by atoms with van der Waals surface area (Å²) < 4.78 is 39.5. The number of hydrogen-bond acceptors (Lipinski definition) is 10. The largest absolute Gasteiger partial charge is 0.472 e. The van der Waals surface area contributed by atoms with Crippen LogP contribution in [0.25, 0.3) is 0 Å². The van der Waals surface area contributed by atoms with Gasteiger partial charge in [0.05, 0.1) is 19.8 Å². The molecule has 12 heteroatoms. The van der Waals surface area contributed by atoms with E-state index in [1.807, 2.05) is 6.08 Å². The zero-order valence-electron chi connectivity index (χ0n) is 47.0. The lowest BCUT2D eigenvalue weighted by Gasteiger charge is -2.21. The van der Waals surface area contributed by atoms with Crippen LogP contribution in [-0.2, 0) is 42.2 Å². The van der Waals surface area contributed by atoms with Gasteiger partial charge in [-0.25, -0.2) is 4.57 Å². The molecule has 0 saturated carbocycles. The average molecular weight is 1060 g/mol. The average Bonchev–Trinajstić information content (AvgIpc) is 3.39. The highest BCUT2D eigenvalue weighted by Crippen LogP contribution is 2.43. The van der Waals surface area contributed by atoms with Gasteiger partial charge in [-0.05, 0) is 89.9 Å². The van der Waals surface area contributed by atoms with Crippen molar-refractivity contribution in [2.24, 2.45) is 0 Å². The first kappa shape index (κ1) is 70.7. The first-order valence-corrected chi connectivity index (χ1v) is 31.0. The fourth-order valence-electron chi connectivity index (χ4n) is 7.83. The Morgan fingerprint density at radius 2 is 0.716 bits per heavy atom. The van der Waals surface area contributed by atoms with Crippen LogP contribution in [0.2, 0.25) is 0 Å². The topological polar surface area (TPSA) is 155 Å². The Kier molecular flexibility index (Phi) is 53.4. The first-order valence-electron chi connectivity index (χ1n) is 29.5. The van der Waals surface area contributed by atoms with Crippen molar-refractivity contribution in [3.05, 3.63) is 85.1 Å². The highest BCUT2D eigenvalue weighted by Gasteiger charge is 2.28. The number of esters is 3. The second kappa shape index (κ2) is 55.9. The minimum absolute atomic E-state index is 0.144. The lowest BCUT2D eigenvalue weighted by molar-refractivity contribution is -0.161. The van der Waals surface area contributed by atoms with Gasteiger partial charge in [0.2, 0.25) is 0 Å². The Bertz CT molecular complexity index is 1560. The molecular formula is C62H107O11P. The molecule has 0 bridgehead atoms. The number of aliphatic hydroxyl groups is 1. The van der Waals surface area contributed by atoms with E-state index >= 15 is 0 Å². The molecule has 0 amide bonds. The number of hydrogen-bond donors (Lipinski definition) is 2. The number of carbonyl (C=O) groups is 3. The predicted molar refractivity (Wildman–Crippen MR) is 307 cm³/mol. The monoisotopic (exact) mass is 1060 g/mol. The SMILES string of the molecule is CC/C=C\C/C=C\C/C=C\C/C=C\C/C=C\CCCC(=O)OCC(COP(=O)(O)OCC(CO)OC(=O)CCCCCCCCCCCCCCC)OC(=O)CCCCCCCCC/C=C\C/C=C\CCCCC. The van der Waals surface area contributed by atoms with Crippen LogP contribution in [0.1, 0.15) is 252 Å². The smallest absolute Gasteiger partial charge is 0.462 e. The molecule has 3 unspecified atom stereocenters. The third-order valence-corrected chi connectivity index (χ3v) is 13.3. The van der Waals surface area contributed by atoms with Gasteiger partial charge in [0.25, 0.3) is 0 Å². The maximum absolute atomic E-state index is 12.9. The molecule has 0 spiro atoms. The third-order valence-electron chi connectivity index (χ3n) is 12.3. The number of phosphoric ester groups is 1. The summed E-state index contributed by atoms with van der Waals surface area (Å²) in [5, 5.41) is 9.81. The maximum Gasteiger partial charge on any atom is 0.472 e. The van der Waals surface area contributed by atoms with Crippen molar-refractivity contribution in [1.82, 2.24) is 0 Å². The molecule has 0 aliphatic rings. The van der Waals surface area contributed by atoms with E-state index in [9.17, 15) is 28.9 Å². The molecule has 11 nitrogen and oxygen atoms in total. The van der Waals surface area contributed by atoms with Gasteiger partial charge >= 0.3 is 25.7 Å². The van der Waals surface area contributed by atoms with Crippen LogP contribution in [0, 0.1) is 0 Å². The van der Waals surface area contributed by atoms with Crippen molar-refractivity contribution >= 4 is 25.7 Å². The van der Waals surface area contributed by atoms with Crippen molar-refractivity contribution in [2.75, 3.05) is 26.4 Å². The van der Waals surface area contributed by atoms with E-state index in [4.69, 9.17) is 23.3 Å². The number of aliphatic hydroxyl groups excluding tert-OH is 1. The zero-order chi connectivity index (χ0) is 54.1. The maximum atomic E-state index is 12.9. The van der Waals surface area contributed by atoms with E-state index in [0.717, 1.165) is 89.9 Å². The number of phosphoric acid groups is 1. The van der Waals surface area contributed by atoms with Crippen molar-refractivity contribution in [3.8, 4) is 0 Å². The summed E-state index contributed by atoms with van der Waals surface area (Å²) >= 11 is 0. The molecular weight excluding hydrogens is 952 g/mol.